The lowest BCUT2D eigenvalue weighted by molar-refractivity contribution is -0.118. The van der Waals surface area contributed by atoms with E-state index in [1.807, 2.05) is 23.6 Å². The minimum Gasteiger partial charge on any atom is -0.370 e. The van der Waals surface area contributed by atoms with Crippen LogP contribution in [0.3, 0.4) is 0 Å². The third-order valence-electron chi connectivity index (χ3n) is 3.74. The molecule has 0 aliphatic heterocycles. The summed E-state index contributed by atoms with van der Waals surface area (Å²) < 4.78 is 1.52. The fourth-order valence-corrected chi connectivity index (χ4v) is 3.91. The number of anilines is 1. The van der Waals surface area contributed by atoms with Gasteiger partial charge in [0.1, 0.15) is 5.82 Å². The van der Waals surface area contributed by atoms with Crippen LogP contribution in [0.15, 0.2) is 46.8 Å². The lowest BCUT2D eigenvalue weighted by Gasteiger charge is -2.07. The molecule has 3 aromatic rings. The smallest absolute Gasteiger partial charge is 0.258 e. The number of nitrogens with one attached hydrogen (secondary N) is 2. The second-order valence-electron chi connectivity index (χ2n) is 5.83. The molecule has 3 heterocycles. The third kappa shape index (κ3) is 6.07. The number of unbranched alkanes of at least 4 members (excludes halogenated alkanes) is 1. The van der Waals surface area contributed by atoms with Crippen LogP contribution in [-0.4, -0.2) is 39.1 Å². The van der Waals surface area contributed by atoms with Gasteiger partial charge >= 0.3 is 0 Å². The SMILES string of the molecule is O=C(CSCc1cc(=O)n2ccsc2n1)NCCCCNc1ccccn1. The predicted octanol–water partition coefficient (Wildman–Crippen LogP) is 2.39. The molecule has 0 saturated heterocycles. The number of thiazole rings is 1. The van der Waals surface area contributed by atoms with Crippen LogP contribution >= 0.6 is 23.1 Å². The van der Waals surface area contributed by atoms with E-state index in [0.29, 0.717) is 28.7 Å². The molecule has 1 amide bonds. The van der Waals surface area contributed by atoms with Crippen LogP contribution in [0, 0.1) is 0 Å². The number of hydrogen-bond acceptors (Lipinski definition) is 7. The minimum atomic E-state index is -0.0828. The van der Waals surface area contributed by atoms with Gasteiger partial charge < -0.3 is 10.6 Å². The molecule has 0 aromatic carbocycles. The number of nitrogens with zero attached hydrogens (tertiary/aromatic N) is 3. The van der Waals surface area contributed by atoms with E-state index in [2.05, 4.69) is 20.6 Å². The van der Waals surface area contributed by atoms with Gasteiger partial charge in [-0.2, -0.15) is 0 Å². The number of fused-ring (bicyclic) bond motifs is 1. The molecule has 3 rings (SSSR count). The molecular weight excluding hydrogens is 382 g/mol. The fourth-order valence-electron chi connectivity index (χ4n) is 2.42. The Bertz CT molecular complexity index is 926. The van der Waals surface area contributed by atoms with Crippen molar-refractivity contribution in [2.75, 3.05) is 24.2 Å². The summed E-state index contributed by atoms with van der Waals surface area (Å²) in [4.78, 5) is 33.1. The van der Waals surface area contributed by atoms with Gasteiger partial charge in [-0.3, -0.25) is 14.0 Å². The first-order valence-corrected chi connectivity index (χ1v) is 10.7. The normalized spacial score (nSPS) is 10.8. The van der Waals surface area contributed by atoms with Crippen molar-refractivity contribution in [3.05, 3.63) is 58.1 Å². The maximum Gasteiger partial charge on any atom is 0.258 e. The fraction of sp³-hybridized carbons (Fsp3) is 0.333. The van der Waals surface area contributed by atoms with Gasteiger partial charge in [0.15, 0.2) is 4.96 Å². The lowest BCUT2D eigenvalue weighted by Crippen LogP contribution is -2.26. The van der Waals surface area contributed by atoms with Gasteiger partial charge in [0, 0.05) is 42.7 Å². The predicted molar refractivity (Wildman–Crippen MR) is 110 cm³/mol. The van der Waals surface area contributed by atoms with Crippen molar-refractivity contribution >= 4 is 39.8 Å². The molecule has 9 heteroatoms. The number of carbonyl (C=O) groups excluding carboxylic acids is 1. The van der Waals surface area contributed by atoms with Gasteiger partial charge in [-0.15, -0.1) is 23.1 Å². The first kappa shape index (κ1) is 19.4. The Hall–Kier alpha value is -2.39. The largest absolute Gasteiger partial charge is 0.370 e. The zero-order chi connectivity index (χ0) is 18.9. The monoisotopic (exact) mass is 403 g/mol. The highest BCUT2D eigenvalue weighted by Gasteiger charge is 2.06. The number of amides is 1. The Labute approximate surface area is 165 Å². The van der Waals surface area contributed by atoms with Crippen molar-refractivity contribution in [3.8, 4) is 0 Å². The second kappa shape index (κ2) is 10.1. The van der Waals surface area contributed by atoms with Crippen LogP contribution in [0.2, 0.25) is 0 Å². The molecule has 142 valence electrons. The molecule has 7 nitrogen and oxygen atoms in total. The molecule has 0 unspecified atom stereocenters. The summed E-state index contributed by atoms with van der Waals surface area (Å²) >= 11 is 2.89. The minimum absolute atomic E-state index is 0.00612. The molecule has 27 heavy (non-hydrogen) atoms. The molecule has 0 spiro atoms. The Morgan fingerprint density at radius 2 is 2.15 bits per heavy atom. The van der Waals surface area contributed by atoms with Crippen molar-refractivity contribution in [2.24, 2.45) is 0 Å². The summed E-state index contributed by atoms with van der Waals surface area (Å²) in [5.41, 5.74) is 0.626. The van der Waals surface area contributed by atoms with E-state index in [4.69, 9.17) is 0 Å². The van der Waals surface area contributed by atoms with E-state index in [0.717, 1.165) is 25.2 Å². The number of rotatable bonds is 10. The van der Waals surface area contributed by atoms with Crippen LogP contribution in [0.25, 0.3) is 4.96 Å². The second-order valence-corrected chi connectivity index (χ2v) is 7.69. The Morgan fingerprint density at radius 3 is 3.00 bits per heavy atom. The molecule has 0 aliphatic carbocycles. The van der Waals surface area contributed by atoms with Crippen molar-refractivity contribution in [1.82, 2.24) is 19.7 Å². The van der Waals surface area contributed by atoms with Gasteiger partial charge in [-0.05, 0) is 25.0 Å². The highest BCUT2D eigenvalue weighted by molar-refractivity contribution is 7.99. The molecule has 0 aliphatic rings. The first-order chi connectivity index (χ1) is 13.2. The van der Waals surface area contributed by atoms with Gasteiger partial charge in [0.2, 0.25) is 5.91 Å². The van der Waals surface area contributed by atoms with E-state index >= 15 is 0 Å². The highest BCUT2D eigenvalue weighted by Crippen LogP contribution is 2.12. The highest BCUT2D eigenvalue weighted by atomic mass is 32.2. The van der Waals surface area contributed by atoms with Crippen LogP contribution < -0.4 is 16.2 Å². The molecule has 0 fully saturated rings. The van der Waals surface area contributed by atoms with Crippen LogP contribution in [0.4, 0.5) is 5.82 Å². The van der Waals surface area contributed by atoms with Gasteiger partial charge in [0.05, 0.1) is 11.4 Å². The summed E-state index contributed by atoms with van der Waals surface area (Å²) in [6, 6.07) is 7.28. The Kier molecular flexibility index (Phi) is 7.23. The Balaban J connectivity index is 1.27. The third-order valence-corrected chi connectivity index (χ3v) is 5.46. The van der Waals surface area contributed by atoms with Crippen molar-refractivity contribution in [2.45, 2.75) is 18.6 Å². The van der Waals surface area contributed by atoms with Crippen LogP contribution in [0.5, 0.6) is 0 Å². The van der Waals surface area contributed by atoms with E-state index < -0.39 is 0 Å². The maximum atomic E-state index is 11.9. The zero-order valence-electron chi connectivity index (χ0n) is 14.8. The number of thioether (sulfide) groups is 1. The standard InChI is InChI=1S/C18H21N5O2S2/c24-16(21-8-4-3-7-20-15-5-1-2-6-19-15)13-26-12-14-11-17(25)23-9-10-27-18(23)22-14/h1-2,5-6,9-11H,3-4,7-8,12-13H2,(H,19,20)(H,21,24). The quantitative estimate of drug-likeness (QED) is 0.506. The average molecular weight is 404 g/mol. The first-order valence-electron chi connectivity index (χ1n) is 8.67. The summed E-state index contributed by atoms with van der Waals surface area (Å²) in [6.07, 6.45) is 5.33. The number of aromatic nitrogens is 3. The molecule has 0 radical (unpaired) electrons. The van der Waals surface area contributed by atoms with E-state index in [1.54, 1.807) is 12.4 Å². The summed E-state index contributed by atoms with van der Waals surface area (Å²) in [7, 11) is 0. The molecular formula is C18H21N5O2S2. The average Bonchev–Trinajstić information content (AvgIpc) is 3.15. The molecule has 0 saturated carbocycles. The zero-order valence-corrected chi connectivity index (χ0v) is 16.4. The molecule has 0 bridgehead atoms. The van der Waals surface area contributed by atoms with E-state index in [1.165, 1.54) is 33.6 Å². The van der Waals surface area contributed by atoms with Crippen molar-refractivity contribution in [3.63, 3.8) is 0 Å². The maximum absolute atomic E-state index is 11.9. The molecule has 2 N–H and O–H groups in total. The number of carbonyl (C=O) groups is 1. The van der Waals surface area contributed by atoms with Gasteiger partial charge in [-0.1, -0.05) is 6.07 Å². The van der Waals surface area contributed by atoms with E-state index in [-0.39, 0.29) is 11.5 Å². The topological polar surface area (TPSA) is 88.4 Å². The molecule has 0 atom stereocenters. The van der Waals surface area contributed by atoms with Crippen molar-refractivity contribution < 1.29 is 4.79 Å². The van der Waals surface area contributed by atoms with Crippen molar-refractivity contribution in [1.29, 1.82) is 0 Å². The summed E-state index contributed by atoms with van der Waals surface area (Å²) in [5, 5.41) is 7.99. The summed E-state index contributed by atoms with van der Waals surface area (Å²) in [6.45, 7) is 1.48. The van der Waals surface area contributed by atoms with E-state index in [9.17, 15) is 9.59 Å². The van der Waals surface area contributed by atoms with Gasteiger partial charge in [-0.25, -0.2) is 9.97 Å². The summed E-state index contributed by atoms with van der Waals surface area (Å²) in [5.74, 6) is 1.78. The van der Waals surface area contributed by atoms with Crippen LogP contribution in [-0.2, 0) is 10.5 Å². The number of hydrogen-bond donors (Lipinski definition) is 2. The molecule has 3 aromatic heterocycles. The van der Waals surface area contributed by atoms with Crippen LogP contribution in [0.1, 0.15) is 18.5 Å². The number of pyridine rings is 1. The lowest BCUT2D eigenvalue weighted by atomic mass is 10.3. The van der Waals surface area contributed by atoms with Gasteiger partial charge in [0.25, 0.3) is 5.56 Å². The Morgan fingerprint density at radius 1 is 1.26 bits per heavy atom.